The molecule has 0 aliphatic rings. The molecular weight excluding hydrogens is 441 g/mol. The summed E-state index contributed by atoms with van der Waals surface area (Å²) in [6.07, 6.45) is 0. The van der Waals surface area contributed by atoms with E-state index in [0.717, 1.165) is 5.88 Å². The summed E-state index contributed by atoms with van der Waals surface area (Å²) in [7, 11) is 1.96. The Morgan fingerprint density at radius 3 is 2.33 bits per heavy atom. The molecule has 0 heterocycles. The molecule has 1 N–H and O–H groups in total. The number of nitrogens with one attached hydrogen (secondary N) is 1. The van der Waals surface area contributed by atoms with Crippen LogP contribution in [-0.4, -0.2) is 28.4 Å². The van der Waals surface area contributed by atoms with Crippen molar-refractivity contribution >= 4 is 61.6 Å². The number of rotatable bonds is 4. The van der Waals surface area contributed by atoms with Crippen molar-refractivity contribution < 1.29 is 0 Å². The van der Waals surface area contributed by atoms with E-state index in [4.69, 9.17) is 0 Å². The van der Waals surface area contributed by atoms with E-state index < -0.39 is 11.7 Å². The van der Waals surface area contributed by atoms with Gasteiger partial charge >= 0.3 is 83.6 Å². The first-order valence-corrected chi connectivity index (χ1v) is 24.7. The molecule has 6 heteroatoms. The molecule has 0 atom stereocenters. The Bertz CT molecular complexity index is 75.9. The number of halogens is 3. The van der Waals surface area contributed by atoms with Crippen molar-refractivity contribution in [3.8, 4) is 0 Å². The Morgan fingerprint density at radius 2 is 2.00 bits per heavy atom. The molecule has 0 amide bonds. The topological polar surface area (TPSA) is 12.0 Å². The predicted molar refractivity (Wildman–Crippen MR) is 58.9 cm³/mol. The first-order chi connectivity index (χ1) is 4.06. The van der Waals surface area contributed by atoms with E-state index in [1.807, 2.05) is 18.8 Å². The first-order valence-electron chi connectivity index (χ1n) is 2.35. The van der Waals surface area contributed by atoms with E-state index in [9.17, 15) is 0 Å². The second-order valence-corrected chi connectivity index (χ2v) is 57.1. The van der Waals surface area contributed by atoms with E-state index in [1.54, 1.807) is 0 Å². The molecule has 0 aromatic rings. The van der Waals surface area contributed by atoms with Crippen molar-refractivity contribution in [2.75, 3.05) is 16.7 Å². The van der Waals surface area contributed by atoms with Crippen molar-refractivity contribution in [3.05, 3.63) is 0 Å². The molecule has 0 aliphatic carbocycles. The number of hydrogen-bond acceptors (Lipinski definition) is 2. The van der Waals surface area contributed by atoms with Crippen LogP contribution in [0.2, 0.25) is 0 Å². The first kappa shape index (κ1) is 11.5. The van der Waals surface area contributed by atoms with Crippen molar-refractivity contribution in [1.29, 1.82) is 0 Å². The Kier molecular flexibility index (Phi) is 7.84. The summed E-state index contributed by atoms with van der Waals surface area (Å²) in [4.78, 5) is 0. The van der Waals surface area contributed by atoms with Crippen LogP contribution < -0.4 is 5.32 Å². The molecule has 0 bridgehead atoms. The van der Waals surface area contributed by atoms with Gasteiger partial charge in [0.25, 0.3) is 0 Å². The van der Waals surface area contributed by atoms with Gasteiger partial charge in [-0.05, 0) is 0 Å². The van der Waals surface area contributed by atoms with Gasteiger partial charge in [-0.25, -0.2) is 0 Å². The Labute approximate surface area is 82.2 Å². The molecule has 0 unspecified atom stereocenters. The molecule has 0 aromatic heterocycles. The summed E-state index contributed by atoms with van der Waals surface area (Å²) in [6.45, 7) is 0. The summed E-state index contributed by atoms with van der Waals surface area (Å²) < 4.78 is 1.19. The maximum absolute atomic E-state index is 3.60. The van der Waals surface area contributed by atoms with Gasteiger partial charge in [-0.3, -0.25) is 0 Å². The molecule has 0 aromatic carbocycles. The fraction of sp³-hybridized carbons (Fsp3) is 1.00. The van der Waals surface area contributed by atoms with Gasteiger partial charge in [0.05, 0.1) is 0 Å². The molecule has 0 aliphatic heterocycles. The van der Waals surface area contributed by atoms with Crippen LogP contribution in [0.5, 0.6) is 0 Å². The van der Waals surface area contributed by atoms with E-state index >= 15 is 0 Å². The summed E-state index contributed by atoms with van der Waals surface area (Å²) in [5, 5.41) is 3.07. The van der Waals surface area contributed by atoms with Gasteiger partial charge in [0.2, 0.25) is 0 Å². The van der Waals surface area contributed by atoms with Crippen molar-refractivity contribution in [2.45, 2.75) is 0 Å². The van der Waals surface area contributed by atoms with Crippen LogP contribution in [0.4, 0.5) is 0 Å². The summed E-state index contributed by atoms with van der Waals surface area (Å²) in [5.74, 6) is 1.03. The minimum absolute atomic E-state index is 1.03. The average molecular weight is 449 g/mol. The van der Waals surface area contributed by atoms with Crippen LogP contribution in [0.15, 0.2) is 0 Å². The molecule has 0 rings (SSSR count). The van der Waals surface area contributed by atoms with Crippen LogP contribution in [0, 0.1) is 0 Å². The van der Waals surface area contributed by atoms with Crippen LogP contribution in [0.25, 0.3) is 0 Å². The molecular formula is C3H8Br3NSSn. The Balaban J connectivity index is 3.07. The summed E-state index contributed by atoms with van der Waals surface area (Å²) in [5.41, 5.74) is 0. The molecule has 9 heavy (non-hydrogen) atoms. The van der Waals surface area contributed by atoms with Crippen molar-refractivity contribution in [3.63, 3.8) is 0 Å². The zero-order valence-electron chi connectivity index (χ0n) is 4.96. The molecule has 0 spiro atoms. The van der Waals surface area contributed by atoms with Crippen LogP contribution in [-0.2, 0) is 0 Å². The minimum atomic E-state index is -1.97. The summed E-state index contributed by atoms with van der Waals surface area (Å²) in [6, 6.07) is 0. The summed E-state index contributed by atoms with van der Waals surface area (Å²) >= 11 is 10.7. The molecule has 1 nitrogen and oxygen atoms in total. The Morgan fingerprint density at radius 1 is 1.44 bits per heavy atom. The molecule has 0 saturated heterocycles. The monoisotopic (exact) mass is 447 g/mol. The van der Waals surface area contributed by atoms with E-state index in [1.165, 1.54) is 3.77 Å². The van der Waals surface area contributed by atoms with Gasteiger partial charge in [0, 0.05) is 0 Å². The third kappa shape index (κ3) is 10.5. The molecule has 0 saturated carbocycles. The third-order valence-corrected chi connectivity index (χ3v) is 19.9. The van der Waals surface area contributed by atoms with E-state index in [0.29, 0.717) is 0 Å². The maximum atomic E-state index is 3.60. The van der Waals surface area contributed by atoms with Gasteiger partial charge in [0.15, 0.2) is 0 Å². The normalized spacial score (nSPS) is 12.0. The average Bonchev–Trinajstić information content (AvgIpc) is 1.63. The van der Waals surface area contributed by atoms with Gasteiger partial charge in [-0.1, -0.05) is 0 Å². The molecule has 0 radical (unpaired) electrons. The van der Waals surface area contributed by atoms with E-state index in [2.05, 4.69) is 43.4 Å². The predicted octanol–water partition coefficient (Wildman–Crippen LogP) is 2.56. The fourth-order valence-corrected chi connectivity index (χ4v) is 13.4. The van der Waals surface area contributed by atoms with Crippen LogP contribution >= 0.6 is 49.9 Å². The Hall–Kier alpha value is 2.55. The van der Waals surface area contributed by atoms with Crippen molar-refractivity contribution in [2.24, 2.45) is 0 Å². The zero-order chi connectivity index (χ0) is 7.33. The van der Waals surface area contributed by atoms with Gasteiger partial charge in [0.1, 0.15) is 0 Å². The van der Waals surface area contributed by atoms with Crippen LogP contribution in [0.3, 0.4) is 0 Å². The zero-order valence-corrected chi connectivity index (χ0v) is 13.4. The van der Waals surface area contributed by atoms with Gasteiger partial charge in [-0.15, -0.1) is 0 Å². The van der Waals surface area contributed by atoms with Gasteiger partial charge < -0.3 is 0 Å². The SMILES string of the molecule is CNCS[CH2][Sn]([Br])([Br])[Br]. The fourth-order valence-electron chi connectivity index (χ4n) is 0.269. The van der Waals surface area contributed by atoms with Crippen LogP contribution in [0.1, 0.15) is 0 Å². The van der Waals surface area contributed by atoms with E-state index in [-0.39, 0.29) is 0 Å². The van der Waals surface area contributed by atoms with Gasteiger partial charge in [-0.2, -0.15) is 0 Å². The quantitative estimate of drug-likeness (QED) is 0.403. The second kappa shape index (κ2) is 6.11. The number of thioether (sulfide) groups is 1. The standard InChI is InChI=1S/C3H8NS.3BrH.Sn/c1-4-3-5-2;;;;/h4H,2-3H2,1H3;3*1H;/q;;;;+3/p-3. The third-order valence-electron chi connectivity index (χ3n) is 0.512. The second-order valence-electron chi connectivity index (χ2n) is 1.46. The molecule has 0 fully saturated rings. The number of hydrogen-bond donors (Lipinski definition) is 1. The molecule has 56 valence electrons. The van der Waals surface area contributed by atoms with Crippen molar-refractivity contribution in [1.82, 2.24) is 5.32 Å².